The van der Waals surface area contributed by atoms with Crippen LogP contribution >= 0.6 is 0 Å². The molecule has 0 radical (unpaired) electrons. The first-order chi connectivity index (χ1) is 32.4. The number of halogens is 10. The molecule has 346 valence electrons. The van der Waals surface area contributed by atoms with Crippen LogP contribution in [0, 0.1) is 58.2 Å². The quantitative estimate of drug-likeness (QED) is 0.0751. The lowest BCUT2D eigenvalue weighted by atomic mass is 9.61. The summed E-state index contributed by atoms with van der Waals surface area (Å²) in [5.74, 6) is -19.8. The van der Waals surface area contributed by atoms with E-state index in [-0.39, 0.29) is 0 Å². The third-order valence-corrected chi connectivity index (χ3v) is 17.3. The number of hydrogen-bond donors (Lipinski definition) is 0. The van der Waals surface area contributed by atoms with Gasteiger partial charge in [0.25, 0.3) is 0 Å². The standard InChI is InChI=1S/C56H42F10N2/c1-53-21-5-7-23-55(53,3)67(51-47(63)43(59)41(57)44(60)48(51)64)37-19-13-29(25-35(37)53)31-15-9-27-12-18-34-32(16-10-28-11-17-33(31)39(27)40(28)34)30-14-20-38-36(26-30)54(2)22-6-8-24-56(54,4)68(38)52-49(65)45(61)42(58)46(62)50(52)66/h9-20,25-26H,5-8,21-24H2,1-4H3/t53-,54?,55?,56?/m1/s1. The van der Waals surface area contributed by atoms with Gasteiger partial charge in [0.05, 0.1) is 11.1 Å². The highest BCUT2D eigenvalue weighted by molar-refractivity contribution is 6.27. The Hall–Kier alpha value is -6.30. The minimum atomic E-state index is -2.20. The van der Waals surface area contributed by atoms with Crippen LogP contribution in [0.5, 0.6) is 0 Å². The third kappa shape index (κ3) is 5.16. The minimum Gasteiger partial charge on any atom is -0.329 e. The number of nitrogens with zero attached hydrogens (tertiary/aromatic N) is 2. The molecule has 2 aliphatic carbocycles. The largest absolute Gasteiger partial charge is 0.329 e. The molecule has 2 fully saturated rings. The molecule has 4 atom stereocenters. The second-order valence-electron chi connectivity index (χ2n) is 20.2. The topological polar surface area (TPSA) is 6.48 Å². The van der Waals surface area contributed by atoms with Gasteiger partial charge in [-0.2, -0.15) is 0 Å². The van der Waals surface area contributed by atoms with E-state index in [2.05, 4.69) is 12.1 Å². The average Bonchev–Trinajstić information content (AvgIpc) is 3.67. The lowest BCUT2D eigenvalue weighted by molar-refractivity contribution is 0.192. The fraction of sp³-hybridized carbons (Fsp3) is 0.286. The molecule has 2 saturated carbocycles. The van der Waals surface area contributed by atoms with Crippen molar-refractivity contribution < 1.29 is 43.9 Å². The van der Waals surface area contributed by atoms with Crippen LogP contribution in [0.15, 0.2) is 84.9 Å². The highest BCUT2D eigenvalue weighted by atomic mass is 19.2. The van der Waals surface area contributed by atoms with Gasteiger partial charge in [-0.25, -0.2) is 43.9 Å². The van der Waals surface area contributed by atoms with Crippen molar-refractivity contribution in [1.82, 2.24) is 0 Å². The molecular weight excluding hydrogens is 891 g/mol. The molecule has 68 heavy (non-hydrogen) atoms. The number of anilines is 4. The van der Waals surface area contributed by atoms with Gasteiger partial charge >= 0.3 is 0 Å². The normalized spacial score (nSPS) is 24.3. The van der Waals surface area contributed by atoms with E-state index in [1.54, 1.807) is 12.1 Å². The van der Waals surface area contributed by atoms with Crippen molar-refractivity contribution in [1.29, 1.82) is 0 Å². The summed E-state index contributed by atoms with van der Waals surface area (Å²) in [6, 6.07) is 27.5. The van der Waals surface area contributed by atoms with Crippen molar-refractivity contribution in [3.05, 3.63) is 154 Å². The van der Waals surface area contributed by atoms with Gasteiger partial charge in [0.2, 0.25) is 11.6 Å². The zero-order valence-corrected chi connectivity index (χ0v) is 37.4. The zero-order chi connectivity index (χ0) is 47.7. The molecule has 0 N–H and O–H groups in total. The first-order valence-corrected chi connectivity index (χ1v) is 23.0. The molecule has 0 saturated heterocycles. The van der Waals surface area contributed by atoms with Crippen molar-refractivity contribution in [3.63, 3.8) is 0 Å². The summed E-state index contributed by atoms with van der Waals surface area (Å²) in [4.78, 5) is 2.69. The highest BCUT2D eigenvalue weighted by Crippen LogP contribution is 2.64. The van der Waals surface area contributed by atoms with Crippen LogP contribution < -0.4 is 9.80 Å². The lowest BCUT2D eigenvalue weighted by Crippen LogP contribution is -2.55. The highest BCUT2D eigenvalue weighted by Gasteiger charge is 2.60. The molecule has 3 unspecified atom stereocenters. The van der Waals surface area contributed by atoms with E-state index in [1.165, 1.54) is 9.80 Å². The molecule has 2 heterocycles. The number of hydrogen-bond acceptors (Lipinski definition) is 2. The van der Waals surface area contributed by atoms with E-state index in [1.807, 2.05) is 88.4 Å². The van der Waals surface area contributed by atoms with Crippen LogP contribution in [0.3, 0.4) is 0 Å². The summed E-state index contributed by atoms with van der Waals surface area (Å²) >= 11 is 0. The molecule has 8 aromatic rings. The Morgan fingerprint density at radius 2 is 0.691 bits per heavy atom. The summed E-state index contributed by atoms with van der Waals surface area (Å²) in [6.07, 6.45) is 5.21. The predicted molar refractivity (Wildman–Crippen MR) is 246 cm³/mol. The van der Waals surface area contributed by atoms with Crippen LogP contribution in [0.25, 0.3) is 54.6 Å². The van der Waals surface area contributed by atoms with E-state index in [9.17, 15) is 26.3 Å². The van der Waals surface area contributed by atoms with Crippen molar-refractivity contribution in [2.24, 2.45) is 0 Å². The van der Waals surface area contributed by atoms with Crippen molar-refractivity contribution >= 4 is 55.1 Å². The maximum atomic E-state index is 15.7. The van der Waals surface area contributed by atoms with E-state index in [0.717, 1.165) is 78.5 Å². The molecule has 2 aliphatic heterocycles. The van der Waals surface area contributed by atoms with Crippen LogP contribution in [0.4, 0.5) is 66.7 Å². The summed E-state index contributed by atoms with van der Waals surface area (Å²) in [6.45, 7) is 7.71. The van der Waals surface area contributed by atoms with E-state index >= 15 is 17.6 Å². The monoisotopic (exact) mass is 932 g/mol. The second-order valence-corrected chi connectivity index (χ2v) is 20.2. The van der Waals surface area contributed by atoms with Gasteiger partial charge in [0.1, 0.15) is 11.4 Å². The van der Waals surface area contributed by atoms with Gasteiger partial charge in [-0.3, -0.25) is 0 Å². The Balaban J connectivity index is 1.02. The number of benzene rings is 8. The minimum absolute atomic E-state index is 0.387. The van der Waals surface area contributed by atoms with Crippen LogP contribution in [0.1, 0.15) is 90.2 Å². The molecule has 12 rings (SSSR count). The summed E-state index contributed by atoms with van der Waals surface area (Å²) < 4.78 is 151. The van der Waals surface area contributed by atoms with Gasteiger partial charge in [0, 0.05) is 22.2 Å². The Bertz CT molecular complexity index is 3240. The van der Waals surface area contributed by atoms with Crippen LogP contribution in [-0.2, 0) is 10.8 Å². The summed E-state index contributed by atoms with van der Waals surface area (Å²) in [7, 11) is 0. The number of rotatable bonds is 4. The Labute approximate surface area is 385 Å². The van der Waals surface area contributed by atoms with Crippen molar-refractivity contribution in [3.8, 4) is 22.3 Å². The molecule has 0 bridgehead atoms. The van der Waals surface area contributed by atoms with E-state index < -0.39 is 91.5 Å². The van der Waals surface area contributed by atoms with E-state index in [4.69, 9.17) is 0 Å². The summed E-state index contributed by atoms with van der Waals surface area (Å²) in [5, 5.41) is 5.79. The molecule has 0 amide bonds. The molecular formula is C56H42F10N2. The maximum Gasteiger partial charge on any atom is 0.200 e. The fourth-order valence-electron chi connectivity index (χ4n) is 13.4. The number of fused-ring (bicyclic) bond motifs is 6. The average molecular weight is 933 g/mol. The van der Waals surface area contributed by atoms with Crippen molar-refractivity contribution in [2.45, 2.75) is 101 Å². The smallest absolute Gasteiger partial charge is 0.200 e. The van der Waals surface area contributed by atoms with Gasteiger partial charge in [-0.05, 0) is 129 Å². The van der Waals surface area contributed by atoms with Gasteiger partial charge in [-0.15, -0.1) is 0 Å². The van der Waals surface area contributed by atoms with E-state index in [0.29, 0.717) is 49.9 Å². The predicted octanol–water partition coefficient (Wildman–Crippen LogP) is 16.8. The van der Waals surface area contributed by atoms with Crippen LogP contribution in [0.2, 0.25) is 0 Å². The maximum absolute atomic E-state index is 15.7. The summed E-state index contributed by atoms with van der Waals surface area (Å²) in [5.41, 5.74) is 0.299. The van der Waals surface area contributed by atoms with Crippen molar-refractivity contribution in [2.75, 3.05) is 9.80 Å². The van der Waals surface area contributed by atoms with Crippen LogP contribution in [-0.4, -0.2) is 11.1 Å². The molecule has 0 spiro atoms. The second kappa shape index (κ2) is 14.1. The lowest BCUT2D eigenvalue weighted by Gasteiger charge is -2.50. The SMILES string of the molecule is CC12CCCCC1(C)N(c1c(F)c(F)c(F)c(F)c1F)c1ccc(-c3ccc4ccc5c(-c6ccc7c(c6)[C@@]6(C)CCCCC6(C)N7c6c(F)c(F)c(F)c(F)c6F)ccc6ccc3c4c65)cc12. The molecule has 2 nitrogen and oxygen atoms in total. The Kier molecular flexibility index (Phi) is 8.94. The Morgan fingerprint density at radius 3 is 1.06 bits per heavy atom. The molecule has 12 heteroatoms. The van der Waals surface area contributed by atoms with Gasteiger partial charge < -0.3 is 9.80 Å². The zero-order valence-electron chi connectivity index (χ0n) is 37.4. The molecule has 0 aromatic heterocycles. The first-order valence-electron chi connectivity index (χ1n) is 23.0. The van der Waals surface area contributed by atoms with Gasteiger partial charge in [0.15, 0.2) is 46.5 Å². The fourth-order valence-corrected chi connectivity index (χ4v) is 13.4. The third-order valence-electron chi connectivity index (χ3n) is 17.3. The first kappa shape index (κ1) is 43.0. The van der Waals surface area contributed by atoms with Gasteiger partial charge in [-0.1, -0.05) is 100 Å². The Morgan fingerprint density at radius 1 is 0.368 bits per heavy atom. The molecule has 8 aromatic carbocycles. The molecule has 4 aliphatic rings.